The standard InChI is InChI=1S/C36H41NO8/c1-3-44-35(43-2)45-31-18-26-9-10-28(16-27(26)17-29(31)36-19-22-13-23(20-36)15-24(14-22)21-36)37(30(34(41)42)11-12-32(38)39)33(40)25-7-5-4-6-8-25/h4-10,16-18,22-24,30,35H,3,11-15,19-21H2,1-2H3,(H,38,39)(H,41,42)/t22?,23?,24?,30-,35?,36?/m0/s1. The zero-order valence-electron chi connectivity index (χ0n) is 25.8. The SMILES string of the molecule is CCOC(OC)Oc1cc2ccc(N(C(=O)c3ccccc3)[C@@H](CCC(=O)O)C(=O)O)cc2cc1C12CC3CC(CC(C3)C1)C2. The lowest BCUT2D eigenvalue weighted by Gasteiger charge is -2.57. The second-order valence-corrected chi connectivity index (χ2v) is 13.0. The molecular weight excluding hydrogens is 574 g/mol. The monoisotopic (exact) mass is 615 g/mol. The molecule has 0 heterocycles. The van der Waals surface area contributed by atoms with Gasteiger partial charge in [0.25, 0.3) is 5.91 Å². The Balaban J connectivity index is 1.47. The topological polar surface area (TPSA) is 123 Å². The molecule has 0 aliphatic heterocycles. The number of hydrogen-bond donors (Lipinski definition) is 2. The minimum Gasteiger partial charge on any atom is -0.481 e. The van der Waals surface area contributed by atoms with Crippen molar-refractivity contribution in [2.24, 2.45) is 17.8 Å². The lowest BCUT2D eigenvalue weighted by Crippen LogP contribution is -2.48. The molecular formula is C36H41NO8. The van der Waals surface area contributed by atoms with Crippen molar-refractivity contribution in [2.45, 2.75) is 76.2 Å². The molecule has 0 saturated heterocycles. The van der Waals surface area contributed by atoms with Crippen molar-refractivity contribution < 1.29 is 38.8 Å². The van der Waals surface area contributed by atoms with Gasteiger partial charge in [0, 0.05) is 30.3 Å². The van der Waals surface area contributed by atoms with Gasteiger partial charge in [-0.15, -0.1) is 0 Å². The van der Waals surface area contributed by atoms with E-state index in [0.717, 1.165) is 41.3 Å². The molecule has 4 saturated carbocycles. The number of amides is 1. The van der Waals surface area contributed by atoms with E-state index in [-0.39, 0.29) is 18.3 Å². The van der Waals surface area contributed by atoms with Gasteiger partial charge in [0.05, 0.1) is 6.61 Å². The van der Waals surface area contributed by atoms with E-state index in [4.69, 9.17) is 14.2 Å². The van der Waals surface area contributed by atoms with Crippen LogP contribution < -0.4 is 9.64 Å². The molecule has 1 amide bonds. The van der Waals surface area contributed by atoms with Crippen molar-refractivity contribution >= 4 is 34.3 Å². The summed E-state index contributed by atoms with van der Waals surface area (Å²) in [6.07, 6.45) is 6.54. The summed E-state index contributed by atoms with van der Waals surface area (Å²) in [4.78, 5) is 39.1. The number of carboxylic acids is 2. The van der Waals surface area contributed by atoms with Gasteiger partial charge in [0.15, 0.2) is 0 Å². The molecule has 7 rings (SSSR count). The first-order valence-electron chi connectivity index (χ1n) is 15.9. The Bertz CT molecular complexity index is 1530. The number of fused-ring (bicyclic) bond motifs is 1. The molecule has 9 nitrogen and oxygen atoms in total. The zero-order valence-corrected chi connectivity index (χ0v) is 25.8. The number of benzene rings is 3. The third-order valence-electron chi connectivity index (χ3n) is 10.00. The van der Waals surface area contributed by atoms with Gasteiger partial charge in [-0.05, 0) is 122 Å². The number of methoxy groups -OCH3 is 1. The van der Waals surface area contributed by atoms with E-state index >= 15 is 0 Å². The van der Waals surface area contributed by atoms with Crippen molar-refractivity contribution in [1.29, 1.82) is 0 Å². The first-order valence-corrected chi connectivity index (χ1v) is 15.9. The van der Waals surface area contributed by atoms with E-state index in [2.05, 4.69) is 6.07 Å². The van der Waals surface area contributed by atoms with Crippen LogP contribution in [0.3, 0.4) is 0 Å². The smallest absolute Gasteiger partial charge is 0.326 e. The Morgan fingerprint density at radius 2 is 1.58 bits per heavy atom. The predicted molar refractivity (Wildman–Crippen MR) is 168 cm³/mol. The predicted octanol–water partition coefficient (Wildman–Crippen LogP) is 6.62. The van der Waals surface area contributed by atoms with Gasteiger partial charge < -0.3 is 24.4 Å². The number of nitrogens with zero attached hydrogens (tertiary/aromatic N) is 1. The van der Waals surface area contributed by atoms with Gasteiger partial charge >= 0.3 is 18.4 Å². The minimum atomic E-state index is -1.37. The van der Waals surface area contributed by atoms with Crippen LogP contribution in [0, 0.1) is 17.8 Å². The highest BCUT2D eigenvalue weighted by molar-refractivity contribution is 6.10. The first kappa shape index (κ1) is 31.0. The fraction of sp³-hybridized carbons (Fsp3) is 0.472. The van der Waals surface area contributed by atoms with Gasteiger partial charge in [0.2, 0.25) is 0 Å². The van der Waals surface area contributed by atoms with Gasteiger partial charge in [0.1, 0.15) is 11.8 Å². The molecule has 4 aliphatic rings. The van der Waals surface area contributed by atoms with Crippen LogP contribution >= 0.6 is 0 Å². The Hall–Kier alpha value is -3.95. The zero-order chi connectivity index (χ0) is 31.7. The molecule has 3 aromatic carbocycles. The number of hydrogen-bond acceptors (Lipinski definition) is 6. The number of anilines is 1. The molecule has 0 aromatic heterocycles. The summed E-state index contributed by atoms with van der Waals surface area (Å²) in [7, 11) is 1.56. The molecule has 2 atom stereocenters. The van der Waals surface area contributed by atoms with Crippen LogP contribution in [0.5, 0.6) is 5.75 Å². The maximum atomic E-state index is 13.9. The van der Waals surface area contributed by atoms with E-state index in [0.29, 0.717) is 35.6 Å². The van der Waals surface area contributed by atoms with Crippen LogP contribution in [-0.2, 0) is 24.5 Å². The average Bonchev–Trinajstić information content (AvgIpc) is 3.01. The highest BCUT2D eigenvalue weighted by atomic mass is 16.8. The highest BCUT2D eigenvalue weighted by Gasteiger charge is 2.52. The molecule has 2 N–H and O–H groups in total. The van der Waals surface area contributed by atoms with Crippen LogP contribution in [-0.4, -0.2) is 54.3 Å². The first-order chi connectivity index (χ1) is 21.7. The van der Waals surface area contributed by atoms with Crippen molar-refractivity contribution in [3.8, 4) is 5.75 Å². The number of carboxylic acid groups (broad SMARTS) is 2. The Labute approximate surface area is 263 Å². The molecule has 0 spiro atoms. The van der Waals surface area contributed by atoms with Gasteiger partial charge in [-0.2, -0.15) is 0 Å². The second-order valence-electron chi connectivity index (χ2n) is 13.0. The van der Waals surface area contributed by atoms with Crippen LogP contribution in [0.4, 0.5) is 5.69 Å². The average molecular weight is 616 g/mol. The summed E-state index contributed by atoms with van der Waals surface area (Å²) in [6, 6.07) is 16.7. The van der Waals surface area contributed by atoms with Crippen molar-refractivity contribution in [1.82, 2.24) is 0 Å². The number of carbonyl (C=O) groups excluding carboxylic acids is 1. The molecule has 0 radical (unpaired) electrons. The lowest BCUT2D eigenvalue weighted by molar-refractivity contribution is -0.231. The number of ether oxygens (including phenoxy) is 3. The summed E-state index contributed by atoms with van der Waals surface area (Å²) in [5.74, 6) is -0.0863. The minimum absolute atomic E-state index is 0.0383. The van der Waals surface area contributed by atoms with Crippen LogP contribution in [0.1, 0.15) is 74.2 Å². The maximum absolute atomic E-state index is 13.9. The van der Waals surface area contributed by atoms with Crippen molar-refractivity contribution in [3.05, 3.63) is 71.8 Å². The largest absolute Gasteiger partial charge is 0.481 e. The Morgan fingerprint density at radius 3 is 2.16 bits per heavy atom. The number of carbonyl (C=O) groups is 3. The van der Waals surface area contributed by atoms with Gasteiger partial charge in [-0.25, -0.2) is 4.79 Å². The quantitative estimate of drug-likeness (QED) is 0.206. The Kier molecular flexibility index (Phi) is 8.84. The third-order valence-corrected chi connectivity index (χ3v) is 10.00. The summed E-state index contributed by atoms with van der Waals surface area (Å²) in [5, 5.41) is 21.3. The maximum Gasteiger partial charge on any atom is 0.326 e. The van der Waals surface area contributed by atoms with Crippen LogP contribution in [0.15, 0.2) is 60.7 Å². The molecule has 4 aliphatic carbocycles. The van der Waals surface area contributed by atoms with Crippen molar-refractivity contribution in [3.63, 3.8) is 0 Å². The summed E-state index contributed by atoms with van der Waals surface area (Å²) >= 11 is 0. The Morgan fingerprint density at radius 1 is 0.911 bits per heavy atom. The fourth-order valence-corrected chi connectivity index (χ4v) is 8.54. The molecule has 1 unspecified atom stereocenters. The second kappa shape index (κ2) is 12.8. The van der Waals surface area contributed by atoms with E-state index in [1.165, 1.54) is 24.2 Å². The summed E-state index contributed by atoms with van der Waals surface area (Å²) in [5.41, 5.74) is 1.78. The number of aliphatic carboxylic acids is 2. The summed E-state index contributed by atoms with van der Waals surface area (Å²) < 4.78 is 17.6. The van der Waals surface area contributed by atoms with Gasteiger partial charge in [-0.1, -0.05) is 24.3 Å². The van der Waals surface area contributed by atoms with E-state index in [1.807, 2.05) is 25.1 Å². The van der Waals surface area contributed by atoms with Crippen LogP contribution in [0.2, 0.25) is 0 Å². The molecule has 4 bridgehead atoms. The third kappa shape index (κ3) is 6.29. The molecule has 4 fully saturated rings. The van der Waals surface area contributed by atoms with E-state index in [1.54, 1.807) is 43.5 Å². The molecule has 3 aromatic rings. The fourth-order valence-electron chi connectivity index (χ4n) is 8.54. The lowest BCUT2D eigenvalue weighted by atomic mass is 9.48. The van der Waals surface area contributed by atoms with Crippen LogP contribution in [0.25, 0.3) is 10.8 Å². The van der Waals surface area contributed by atoms with Crippen molar-refractivity contribution in [2.75, 3.05) is 18.6 Å². The molecule has 238 valence electrons. The van der Waals surface area contributed by atoms with E-state index < -0.39 is 30.4 Å². The molecule has 45 heavy (non-hydrogen) atoms. The number of rotatable bonds is 13. The highest BCUT2D eigenvalue weighted by Crippen LogP contribution is 2.62. The van der Waals surface area contributed by atoms with E-state index in [9.17, 15) is 24.6 Å². The summed E-state index contributed by atoms with van der Waals surface area (Å²) in [6.45, 7) is 1.46. The molecule has 9 heteroatoms. The van der Waals surface area contributed by atoms with Gasteiger partial charge in [-0.3, -0.25) is 14.5 Å². The normalized spacial score (nSPS) is 24.7.